The highest BCUT2D eigenvalue weighted by Crippen LogP contribution is 2.36. The molecule has 5 aromatic rings. The average Bonchev–Trinajstić information content (AvgIpc) is 3.36. The molecule has 0 aliphatic rings. The van der Waals surface area contributed by atoms with Crippen LogP contribution in [0.2, 0.25) is 0 Å². The quantitative estimate of drug-likeness (QED) is 0.0481. The number of nitrogens with zero attached hydrogens (tertiary/aromatic N) is 1. The van der Waals surface area contributed by atoms with Crippen LogP contribution in [0.4, 0.5) is 5.69 Å². The van der Waals surface area contributed by atoms with Crippen LogP contribution >= 0.6 is 0 Å². The van der Waals surface area contributed by atoms with Crippen molar-refractivity contribution >= 4 is 34.5 Å². The van der Waals surface area contributed by atoms with E-state index < -0.39 is 10.9 Å². The van der Waals surface area contributed by atoms with E-state index in [9.17, 15) is 19.7 Å². The zero-order chi connectivity index (χ0) is 28.1. The third kappa shape index (κ3) is 5.66. The van der Waals surface area contributed by atoms with Gasteiger partial charge in [0.05, 0.1) is 11.5 Å². The number of allylic oxidation sites excluding steroid dienone is 1. The third-order valence-electron chi connectivity index (χ3n) is 6.07. The molecule has 0 unspecified atom stereocenters. The van der Waals surface area contributed by atoms with Gasteiger partial charge in [-0.1, -0.05) is 48.5 Å². The average molecular weight is 534 g/mol. The highest BCUT2D eigenvalue weighted by Gasteiger charge is 2.24. The number of nitro groups is 1. The molecule has 0 amide bonds. The molecule has 0 fully saturated rings. The lowest BCUT2D eigenvalue weighted by atomic mass is 10.1. The second-order valence-corrected chi connectivity index (χ2v) is 8.73. The monoisotopic (exact) mass is 533 g/mol. The van der Waals surface area contributed by atoms with Crippen LogP contribution in [0, 0.1) is 10.1 Å². The summed E-state index contributed by atoms with van der Waals surface area (Å²) >= 11 is 0. The number of furan rings is 1. The van der Waals surface area contributed by atoms with E-state index in [0.717, 1.165) is 5.56 Å². The van der Waals surface area contributed by atoms with Crippen molar-refractivity contribution < 1.29 is 28.4 Å². The molecule has 0 N–H and O–H groups in total. The number of hydrogen-bond donors (Lipinski definition) is 0. The van der Waals surface area contributed by atoms with Crippen molar-refractivity contribution in [3.8, 4) is 22.8 Å². The standard InChI is InChI=1S/C32H23NO7/c1-2-38-26-16-18-29-27(20-26)30(31(40-29)23-8-4-3-5-9-23)32(35)39-25-14-12-22(13-15-25)28(34)17-11-21-7-6-10-24(19-21)33(36)37/h3-20H,2H2,1H3. The molecule has 198 valence electrons. The van der Waals surface area contributed by atoms with Crippen LogP contribution in [0.15, 0.2) is 108 Å². The van der Waals surface area contributed by atoms with Gasteiger partial charge in [0.15, 0.2) is 5.78 Å². The normalized spacial score (nSPS) is 11.0. The maximum atomic E-state index is 13.5. The summed E-state index contributed by atoms with van der Waals surface area (Å²) in [6, 6.07) is 26.7. The smallest absolute Gasteiger partial charge is 0.348 e. The Morgan fingerprint density at radius 1 is 0.900 bits per heavy atom. The molecule has 1 heterocycles. The van der Waals surface area contributed by atoms with Crippen LogP contribution in [0.5, 0.6) is 11.5 Å². The minimum atomic E-state index is -0.615. The topological polar surface area (TPSA) is 109 Å². The van der Waals surface area contributed by atoms with Gasteiger partial charge in [-0.3, -0.25) is 14.9 Å². The summed E-state index contributed by atoms with van der Waals surface area (Å²) in [7, 11) is 0. The van der Waals surface area contributed by atoms with Crippen LogP contribution < -0.4 is 9.47 Å². The van der Waals surface area contributed by atoms with E-state index in [2.05, 4.69) is 0 Å². The van der Waals surface area contributed by atoms with Crippen LogP contribution in [0.3, 0.4) is 0 Å². The molecule has 0 bridgehead atoms. The summed E-state index contributed by atoms with van der Waals surface area (Å²) in [6.07, 6.45) is 2.84. The van der Waals surface area contributed by atoms with Crippen molar-refractivity contribution in [3.63, 3.8) is 0 Å². The van der Waals surface area contributed by atoms with E-state index >= 15 is 0 Å². The molecule has 8 heteroatoms. The summed E-state index contributed by atoms with van der Waals surface area (Å²) in [6.45, 7) is 2.35. The minimum Gasteiger partial charge on any atom is -0.494 e. The fourth-order valence-corrected chi connectivity index (χ4v) is 4.18. The van der Waals surface area contributed by atoms with Gasteiger partial charge in [-0.15, -0.1) is 0 Å². The molecule has 0 spiro atoms. The Morgan fingerprint density at radius 2 is 1.65 bits per heavy atom. The SMILES string of the molecule is CCOc1ccc2oc(-c3ccccc3)c(C(=O)Oc3ccc(C(=O)C=Cc4cccc([N+](=O)[O-])c4)cc3)c2c1. The maximum absolute atomic E-state index is 13.5. The van der Waals surface area contributed by atoms with E-state index in [1.165, 1.54) is 36.4 Å². The fourth-order valence-electron chi connectivity index (χ4n) is 4.18. The second kappa shape index (κ2) is 11.5. The molecule has 8 nitrogen and oxygen atoms in total. The predicted molar refractivity (Wildman–Crippen MR) is 151 cm³/mol. The number of benzene rings is 4. The van der Waals surface area contributed by atoms with Crippen molar-refractivity contribution in [1.29, 1.82) is 0 Å². The lowest BCUT2D eigenvalue weighted by molar-refractivity contribution is -0.384. The van der Waals surface area contributed by atoms with E-state index in [1.54, 1.807) is 42.5 Å². The Kier molecular flexibility index (Phi) is 7.50. The molecular formula is C32H23NO7. The van der Waals surface area contributed by atoms with Crippen LogP contribution in [0.1, 0.15) is 33.2 Å². The maximum Gasteiger partial charge on any atom is 0.348 e. The molecule has 5 rings (SSSR count). The van der Waals surface area contributed by atoms with Gasteiger partial charge in [0.1, 0.15) is 28.4 Å². The van der Waals surface area contributed by atoms with Gasteiger partial charge in [-0.05, 0) is 61.0 Å². The Balaban J connectivity index is 1.38. The molecule has 0 aliphatic heterocycles. The molecule has 0 radical (unpaired) electrons. The van der Waals surface area contributed by atoms with E-state index in [1.807, 2.05) is 37.3 Å². The Labute approximate surface area is 229 Å². The van der Waals surface area contributed by atoms with Crippen molar-refractivity contribution in [2.24, 2.45) is 0 Å². The van der Waals surface area contributed by atoms with Gasteiger partial charge in [-0.2, -0.15) is 0 Å². The predicted octanol–water partition coefficient (Wildman–Crippen LogP) is 7.52. The molecule has 4 aromatic carbocycles. The largest absolute Gasteiger partial charge is 0.494 e. The summed E-state index contributed by atoms with van der Waals surface area (Å²) < 4.78 is 17.4. The van der Waals surface area contributed by atoms with Gasteiger partial charge in [0.2, 0.25) is 0 Å². The van der Waals surface area contributed by atoms with Crippen molar-refractivity contribution in [2.45, 2.75) is 6.92 Å². The summed E-state index contributed by atoms with van der Waals surface area (Å²) in [4.78, 5) is 36.6. The number of non-ortho nitro benzene ring substituents is 1. The molecule has 0 aliphatic carbocycles. The lowest BCUT2D eigenvalue weighted by Crippen LogP contribution is -2.09. The first-order valence-corrected chi connectivity index (χ1v) is 12.5. The minimum absolute atomic E-state index is 0.0595. The van der Waals surface area contributed by atoms with Crippen molar-refractivity contribution in [1.82, 2.24) is 0 Å². The highest BCUT2D eigenvalue weighted by molar-refractivity contribution is 6.10. The van der Waals surface area contributed by atoms with E-state index in [4.69, 9.17) is 13.9 Å². The van der Waals surface area contributed by atoms with Gasteiger partial charge >= 0.3 is 5.97 Å². The first-order chi connectivity index (χ1) is 19.4. The summed E-state index contributed by atoms with van der Waals surface area (Å²) in [5.41, 5.74) is 2.34. The van der Waals surface area contributed by atoms with Gasteiger partial charge < -0.3 is 13.9 Å². The molecule has 40 heavy (non-hydrogen) atoms. The van der Waals surface area contributed by atoms with Gasteiger partial charge in [0.25, 0.3) is 5.69 Å². The van der Waals surface area contributed by atoms with Crippen molar-refractivity contribution in [3.05, 3.63) is 130 Å². The van der Waals surface area contributed by atoms with E-state index in [-0.39, 0.29) is 22.8 Å². The van der Waals surface area contributed by atoms with Crippen LogP contribution in [0.25, 0.3) is 28.4 Å². The molecule has 0 saturated heterocycles. The molecule has 1 aromatic heterocycles. The summed E-state index contributed by atoms with van der Waals surface area (Å²) in [5.74, 6) is 0.312. The highest BCUT2D eigenvalue weighted by atomic mass is 16.6. The first-order valence-electron chi connectivity index (χ1n) is 12.5. The van der Waals surface area contributed by atoms with Gasteiger partial charge in [0, 0.05) is 28.6 Å². The number of hydrogen-bond acceptors (Lipinski definition) is 7. The second-order valence-electron chi connectivity index (χ2n) is 8.73. The van der Waals surface area contributed by atoms with E-state index in [0.29, 0.717) is 40.2 Å². The molecular weight excluding hydrogens is 510 g/mol. The third-order valence-corrected chi connectivity index (χ3v) is 6.07. The first kappa shape index (κ1) is 26.1. The number of rotatable bonds is 9. The number of carbonyl (C=O) groups is 2. The van der Waals surface area contributed by atoms with Crippen LogP contribution in [-0.2, 0) is 0 Å². The molecule has 0 atom stereocenters. The van der Waals surface area contributed by atoms with Crippen molar-refractivity contribution in [2.75, 3.05) is 6.61 Å². The number of carbonyl (C=O) groups excluding carboxylic acids is 2. The van der Waals surface area contributed by atoms with Crippen LogP contribution in [-0.4, -0.2) is 23.3 Å². The number of nitro benzene ring substituents is 1. The zero-order valence-corrected chi connectivity index (χ0v) is 21.4. The van der Waals surface area contributed by atoms with Gasteiger partial charge in [-0.25, -0.2) is 4.79 Å². The zero-order valence-electron chi connectivity index (χ0n) is 21.4. The number of ketones is 1. The Bertz CT molecular complexity index is 1730. The Morgan fingerprint density at radius 3 is 2.38 bits per heavy atom. The molecule has 0 saturated carbocycles. The lowest BCUT2D eigenvalue weighted by Gasteiger charge is -2.07. The summed E-state index contributed by atoms with van der Waals surface area (Å²) in [5, 5.41) is 11.5. The fraction of sp³-hybridized carbons (Fsp3) is 0.0625. The number of esters is 1. The Hall–Kier alpha value is -5.50. The number of ether oxygens (including phenoxy) is 2. The number of fused-ring (bicyclic) bond motifs is 1.